The van der Waals surface area contributed by atoms with Gasteiger partial charge < -0.3 is 9.64 Å². The van der Waals surface area contributed by atoms with E-state index in [2.05, 4.69) is 70.5 Å². The Morgan fingerprint density at radius 2 is 1.33 bits per heavy atom. The zero-order chi connectivity index (χ0) is 41.9. The van der Waals surface area contributed by atoms with Gasteiger partial charge in [0.05, 0.1) is 29.2 Å². The van der Waals surface area contributed by atoms with E-state index in [0.29, 0.717) is 60.9 Å². The van der Waals surface area contributed by atoms with Crippen LogP contribution in [0.5, 0.6) is 0 Å². The number of likely N-dealkylation sites (tertiary alicyclic amines) is 1. The Hall–Kier alpha value is -4.81. The molecule has 4 heterocycles. The van der Waals surface area contributed by atoms with Crippen molar-refractivity contribution in [3.63, 3.8) is 0 Å². The smallest absolute Gasteiger partial charge is 0.270 e. The lowest BCUT2D eigenvalue weighted by Crippen LogP contribution is -2.43. The van der Waals surface area contributed by atoms with E-state index in [0.717, 1.165) is 71.2 Å². The lowest BCUT2D eigenvalue weighted by molar-refractivity contribution is -0.384. The van der Waals surface area contributed by atoms with Crippen molar-refractivity contribution < 1.29 is 14.5 Å². The second kappa shape index (κ2) is 21.8. The van der Waals surface area contributed by atoms with Gasteiger partial charge in [0.2, 0.25) is 0 Å². The highest BCUT2D eigenvalue weighted by Crippen LogP contribution is 2.42. The lowest BCUT2D eigenvalue weighted by atomic mass is 9.68. The number of rotatable bonds is 19. The lowest BCUT2D eigenvalue weighted by Gasteiger charge is -2.43. The highest BCUT2D eigenvalue weighted by Gasteiger charge is 2.37. The number of piperidine rings is 1. The van der Waals surface area contributed by atoms with E-state index in [9.17, 15) is 19.7 Å². The van der Waals surface area contributed by atoms with Crippen molar-refractivity contribution in [2.45, 2.75) is 96.4 Å². The molecule has 0 N–H and O–H groups in total. The molecule has 0 radical (unpaired) electrons. The predicted molar refractivity (Wildman–Crippen MR) is 245 cm³/mol. The van der Waals surface area contributed by atoms with Gasteiger partial charge >= 0.3 is 0 Å². The Morgan fingerprint density at radius 1 is 0.738 bits per heavy atom. The molecule has 2 aliphatic rings. The number of fused-ring (bicyclic) bond motifs is 1. The summed E-state index contributed by atoms with van der Waals surface area (Å²) in [4.78, 5) is 54.2. The normalized spacial score (nSPS) is 15.7. The van der Waals surface area contributed by atoms with Gasteiger partial charge in [0.1, 0.15) is 5.82 Å². The molecule has 0 saturated carbocycles. The third kappa shape index (κ3) is 11.0. The third-order valence-corrected chi connectivity index (χ3v) is 12.8. The van der Waals surface area contributed by atoms with Crippen LogP contribution in [0.1, 0.15) is 104 Å². The first-order valence-electron chi connectivity index (χ1n) is 22.1. The molecule has 0 spiro atoms. The largest absolute Gasteiger partial charge is 0.379 e. The average Bonchev–Trinajstić information content (AvgIpc) is 3.27. The first kappa shape index (κ1) is 45.7. The number of non-ortho nitro benzene ring substituents is 1. The van der Waals surface area contributed by atoms with E-state index in [1.54, 1.807) is 30.5 Å². The molecule has 2 aliphatic heterocycles. The van der Waals surface area contributed by atoms with Crippen LogP contribution < -0.4 is 5.56 Å². The van der Waals surface area contributed by atoms with Crippen LogP contribution in [0.15, 0.2) is 89.7 Å². The third-order valence-electron chi connectivity index (χ3n) is 12.8. The Labute approximate surface area is 366 Å². The predicted octanol–water partition coefficient (Wildman–Crippen LogP) is 9.51. The zero-order valence-electron chi connectivity index (χ0n) is 35.9. The fourth-order valence-electron chi connectivity index (χ4n) is 9.43. The molecule has 7 rings (SSSR count). The first-order chi connectivity index (χ1) is 29.2. The number of ether oxygens (including phenoxy) is 1. The Bertz CT molecular complexity index is 2250. The molecule has 324 valence electrons. The van der Waals surface area contributed by atoms with E-state index in [4.69, 9.17) is 14.7 Å². The van der Waals surface area contributed by atoms with Crippen LogP contribution in [0.2, 0.25) is 0 Å². The van der Waals surface area contributed by atoms with Crippen LogP contribution in [0.3, 0.4) is 0 Å². The number of aromatic nitrogens is 3. The van der Waals surface area contributed by atoms with Crippen molar-refractivity contribution in [2.75, 3.05) is 52.5 Å². The van der Waals surface area contributed by atoms with Crippen LogP contribution in [0.25, 0.3) is 22.2 Å². The minimum absolute atomic E-state index is 0. The van der Waals surface area contributed by atoms with Gasteiger partial charge in [-0.05, 0) is 75.9 Å². The molecule has 5 aromatic rings. The summed E-state index contributed by atoms with van der Waals surface area (Å²) in [5.41, 5.74) is 4.46. The SMILES string of the molecule is Cc1nc2nc(C)n(CCN3CCOCC3)c(=O)c2c(-c2cccc([N+](=O)[O-])c2)c1C(=O)CCCCCCCCCCN1CCC(c2ccccc2)(c2ccccc2)CC1.Cl. The fraction of sp³-hybridized carbons (Fsp3) is 0.469. The van der Waals surface area contributed by atoms with Gasteiger partial charge in [0.15, 0.2) is 11.4 Å². The maximum Gasteiger partial charge on any atom is 0.270 e. The standard InChI is InChI=1S/C49H60N6O5.ClH/c1-37-44(45(39-18-17-23-42(36-39)55(58)59)46-47(50-37)51-38(2)54(48(46)57)31-30-53-32-34-60-35-33-53)43(56)24-15-7-5-3-4-6-8-16-27-52-28-25-49(26-29-52,40-19-11-9-12-20-40)41-21-13-10-14-22-41;/h9-14,17-23,36H,3-8,15-16,24-35H2,1-2H3;1H. The van der Waals surface area contributed by atoms with Crippen LogP contribution in [0.4, 0.5) is 5.69 Å². The number of benzene rings is 3. The fourth-order valence-corrected chi connectivity index (χ4v) is 9.43. The van der Waals surface area contributed by atoms with Gasteiger partial charge in [0, 0.05) is 61.3 Å². The molecule has 2 fully saturated rings. The summed E-state index contributed by atoms with van der Waals surface area (Å²) in [7, 11) is 0. The van der Waals surface area contributed by atoms with Crippen molar-refractivity contribution in [3.05, 3.63) is 134 Å². The van der Waals surface area contributed by atoms with Crippen LogP contribution >= 0.6 is 12.4 Å². The number of hydrogen-bond donors (Lipinski definition) is 0. The minimum atomic E-state index is -0.457. The summed E-state index contributed by atoms with van der Waals surface area (Å²) in [5, 5.41) is 12.1. The molecule has 61 heavy (non-hydrogen) atoms. The summed E-state index contributed by atoms with van der Waals surface area (Å²) < 4.78 is 7.13. The van der Waals surface area contributed by atoms with Crippen molar-refractivity contribution in [1.29, 1.82) is 0 Å². The second-order valence-corrected chi connectivity index (χ2v) is 16.7. The number of aryl methyl sites for hydroxylation is 2. The average molecular weight is 850 g/mol. The van der Waals surface area contributed by atoms with E-state index in [1.165, 1.54) is 48.9 Å². The van der Waals surface area contributed by atoms with E-state index in [-0.39, 0.29) is 45.9 Å². The number of nitrogens with zero attached hydrogens (tertiary/aromatic N) is 6. The van der Waals surface area contributed by atoms with E-state index < -0.39 is 4.92 Å². The van der Waals surface area contributed by atoms with Gasteiger partial charge in [-0.2, -0.15) is 0 Å². The highest BCUT2D eigenvalue weighted by atomic mass is 35.5. The van der Waals surface area contributed by atoms with Crippen LogP contribution in [-0.2, 0) is 16.7 Å². The first-order valence-corrected chi connectivity index (χ1v) is 22.1. The maximum atomic E-state index is 14.3. The molecule has 11 nitrogen and oxygen atoms in total. The van der Waals surface area contributed by atoms with Gasteiger partial charge in [-0.1, -0.05) is 111 Å². The molecular formula is C49H61ClN6O5. The molecule has 0 amide bonds. The molecule has 12 heteroatoms. The van der Waals surface area contributed by atoms with Gasteiger partial charge in [0.25, 0.3) is 11.2 Å². The van der Waals surface area contributed by atoms with Crippen molar-refractivity contribution >= 4 is 34.9 Å². The summed E-state index contributed by atoms with van der Waals surface area (Å²) in [5.74, 6) is 0.429. The number of carbonyl (C=O) groups excluding carboxylic acids is 1. The molecule has 2 aromatic heterocycles. The van der Waals surface area contributed by atoms with Crippen molar-refractivity contribution in [3.8, 4) is 11.1 Å². The Balaban J connectivity index is 0.00000622. The number of unbranched alkanes of at least 4 members (excludes halogenated alkanes) is 7. The van der Waals surface area contributed by atoms with Crippen LogP contribution in [-0.4, -0.2) is 87.5 Å². The monoisotopic (exact) mass is 848 g/mol. The molecule has 0 bridgehead atoms. The number of nitro benzene ring substituents is 1. The molecule has 0 unspecified atom stereocenters. The Kier molecular flexibility index (Phi) is 16.3. The topological polar surface area (TPSA) is 124 Å². The molecule has 2 saturated heterocycles. The number of pyridine rings is 1. The molecule has 0 aliphatic carbocycles. The van der Waals surface area contributed by atoms with Gasteiger partial charge in [-0.3, -0.25) is 29.2 Å². The zero-order valence-corrected chi connectivity index (χ0v) is 36.7. The van der Waals surface area contributed by atoms with Crippen LogP contribution in [0, 0.1) is 24.0 Å². The minimum Gasteiger partial charge on any atom is -0.379 e. The van der Waals surface area contributed by atoms with E-state index in [1.807, 2.05) is 0 Å². The number of halogens is 1. The number of carbonyl (C=O) groups is 1. The maximum absolute atomic E-state index is 14.3. The molecule has 0 atom stereocenters. The van der Waals surface area contributed by atoms with Gasteiger partial charge in [-0.25, -0.2) is 9.97 Å². The van der Waals surface area contributed by atoms with Crippen molar-refractivity contribution in [1.82, 2.24) is 24.3 Å². The quantitative estimate of drug-likeness (QED) is 0.0346. The number of nitro groups is 1. The van der Waals surface area contributed by atoms with Gasteiger partial charge in [-0.15, -0.1) is 12.4 Å². The summed E-state index contributed by atoms with van der Waals surface area (Å²) in [6.45, 7) is 10.9. The molecule has 3 aromatic carbocycles. The van der Waals surface area contributed by atoms with Crippen molar-refractivity contribution in [2.24, 2.45) is 0 Å². The summed E-state index contributed by atoms with van der Waals surface area (Å²) in [6.07, 6.45) is 11.3. The number of morpholine rings is 1. The number of ketones is 1. The second-order valence-electron chi connectivity index (χ2n) is 16.7. The summed E-state index contributed by atoms with van der Waals surface area (Å²) >= 11 is 0. The highest BCUT2D eigenvalue weighted by molar-refractivity contribution is 6.10. The number of Topliss-reactive ketones (excluding diaryl/α,β-unsaturated/α-hetero) is 1. The van der Waals surface area contributed by atoms with E-state index >= 15 is 0 Å². The number of hydrogen-bond acceptors (Lipinski definition) is 9. The Morgan fingerprint density at radius 3 is 1.95 bits per heavy atom. The summed E-state index contributed by atoms with van der Waals surface area (Å²) in [6, 6.07) is 28.3. The molecular weight excluding hydrogens is 788 g/mol.